The highest BCUT2D eigenvalue weighted by Gasteiger charge is 2.23. The van der Waals surface area contributed by atoms with Gasteiger partial charge in [-0.15, -0.1) is 0 Å². The molecule has 0 aliphatic heterocycles. The predicted molar refractivity (Wildman–Crippen MR) is 79.1 cm³/mol. The molecule has 1 heterocycles. The molecule has 3 heteroatoms. The standard InChI is InChI=1S/C16H23N3/c1-2-9-19-15-8-7-12(11-17)10-14(15)18-16(19)13-5-3-4-6-13/h7-8,10,13H,2-6,9,11,17H2,1H3. The SMILES string of the molecule is CCCn1c(C2CCCC2)nc2cc(CN)ccc21. The van der Waals surface area contributed by atoms with Crippen LogP contribution in [0, 0.1) is 0 Å². The van der Waals surface area contributed by atoms with Gasteiger partial charge < -0.3 is 10.3 Å². The van der Waals surface area contributed by atoms with E-state index in [1.807, 2.05) is 0 Å². The zero-order valence-electron chi connectivity index (χ0n) is 11.7. The maximum Gasteiger partial charge on any atom is 0.112 e. The summed E-state index contributed by atoms with van der Waals surface area (Å²) < 4.78 is 2.44. The minimum Gasteiger partial charge on any atom is -0.328 e. The van der Waals surface area contributed by atoms with Crippen LogP contribution in [-0.4, -0.2) is 9.55 Å². The molecule has 0 unspecified atom stereocenters. The molecular weight excluding hydrogens is 234 g/mol. The van der Waals surface area contributed by atoms with Crippen LogP contribution in [0.1, 0.15) is 56.3 Å². The molecule has 3 rings (SSSR count). The van der Waals surface area contributed by atoms with Crippen molar-refractivity contribution in [1.82, 2.24) is 9.55 Å². The fraction of sp³-hybridized carbons (Fsp3) is 0.562. The molecule has 0 bridgehead atoms. The minimum absolute atomic E-state index is 0.593. The van der Waals surface area contributed by atoms with Gasteiger partial charge in [-0.05, 0) is 37.0 Å². The van der Waals surface area contributed by atoms with Crippen LogP contribution in [0.25, 0.3) is 11.0 Å². The molecule has 0 spiro atoms. The quantitative estimate of drug-likeness (QED) is 0.910. The summed E-state index contributed by atoms with van der Waals surface area (Å²) in [5.41, 5.74) is 9.31. The van der Waals surface area contributed by atoms with Crippen molar-refractivity contribution in [3.63, 3.8) is 0 Å². The van der Waals surface area contributed by atoms with Crippen LogP contribution in [0.4, 0.5) is 0 Å². The van der Waals surface area contributed by atoms with Gasteiger partial charge in [0.15, 0.2) is 0 Å². The Kier molecular flexibility index (Phi) is 3.56. The molecule has 1 aliphatic carbocycles. The van der Waals surface area contributed by atoms with Gasteiger partial charge >= 0.3 is 0 Å². The normalized spacial score (nSPS) is 16.5. The Morgan fingerprint density at radius 2 is 2.11 bits per heavy atom. The largest absolute Gasteiger partial charge is 0.328 e. The number of imidazole rings is 1. The second-order valence-corrected chi connectivity index (χ2v) is 5.63. The third-order valence-electron chi connectivity index (χ3n) is 4.25. The van der Waals surface area contributed by atoms with Gasteiger partial charge in [-0.25, -0.2) is 4.98 Å². The first kappa shape index (κ1) is 12.7. The highest BCUT2D eigenvalue weighted by atomic mass is 15.1. The van der Waals surface area contributed by atoms with Gasteiger partial charge in [-0.1, -0.05) is 25.8 Å². The van der Waals surface area contributed by atoms with Crippen LogP contribution in [0.5, 0.6) is 0 Å². The molecule has 3 nitrogen and oxygen atoms in total. The van der Waals surface area contributed by atoms with E-state index in [-0.39, 0.29) is 0 Å². The monoisotopic (exact) mass is 257 g/mol. The van der Waals surface area contributed by atoms with Crippen molar-refractivity contribution in [2.45, 2.75) is 58.0 Å². The topological polar surface area (TPSA) is 43.8 Å². The number of hydrogen-bond donors (Lipinski definition) is 1. The molecule has 19 heavy (non-hydrogen) atoms. The Morgan fingerprint density at radius 3 is 2.79 bits per heavy atom. The summed E-state index contributed by atoms with van der Waals surface area (Å²) in [5.74, 6) is 1.98. The summed E-state index contributed by atoms with van der Waals surface area (Å²) in [5, 5.41) is 0. The van der Waals surface area contributed by atoms with Gasteiger partial charge in [0.1, 0.15) is 5.82 Å². The van der Waals surface area contributed by atoms with Gasteiger partial charge in [-0.3, -0.25) is 0 Å². The minimum atomic E-state index is 0.593. The van der Waals surface area contributed by atoms with E-state index in [0.29, 0.717) is 12.5 Å². The number of fused-ring (bicyclic) bond motifs is 1. The highest BCUT2D eigenvalue weighted by molar-refractivity contribution is 5.77. The fourth-order valence-electron chi connectivity index (χ4n) is 3.28. The van der Waals surface area contributed by atoms with Crippen molar-refractivity contribution in [3.8, 4) is 0 Å². The zero-order chi connectivity index (χ0) is 13.2. The van der Waals surface area contributed by atoms with E-state index in [1.165, 1.54) is 42.6 Å². The highest BCUT2D eigenvalue weighted by Crippen LogP contribution is 2.35. The Labute approximate surface area is 114 Å². The summed E-state index contributed by atoms with van der Waals surface area (Å²) in [7, 11) is 0. The first-order valence-electron chi connectivity index (χ1n) is 7.52. The Bertz CT molecular complexity index is 565. The Balaban J connectivity index is 2.10. The molecule has 1 fully saturated rings. The third-order valence-corrected chi connectivity index (χ3v) is 4.25. The molecule has 1 saturated carbocycles. The van der Waals surface area contributed by atoms with Crippen LogP contribution in [0.15, 0.2) is 18.2 Å². The summed E-state index contributed by atoms with van der Waals surface area (Å²) in [6.07, 6.45) is 6.47. The molecule has 0 amide bonds. The van der Waals surface area contributed by atoms with Gasteiger partial charge in [0.25, 0.3) is 0 Å². The van der Waals surface area contributed by atoms with Crippen LogP contribution in [-0.2, 0) is 13.1 Å². The van der Waals surface area contributed by atoms with Crippen LogP contribution in [0.3, 0.4) is 0 Å². The van der Waals surface area contributed by atoms with Crippen molar-refractivity contribution >= 4 is 11.0 Å². The number of aryl methyl sites for hydroxylation is 1. The van der Waals surface area contributed by atoms with Crippen molar-refractivity contribution < 1.29 is 0 Å². The lowest BCUT2D eigenvalue weighted by Crippen LogP contribution is -2.06. The van der Waals surface area contributed by atoms with Crippen molar-refractivity contribution in [1.29, 1.82) is 0 Å². The summed E-state index contributed by atoms with van der Waals surface area (Å²) in [6, 6.07) is 6.48. The van der Waals surface area contributed by atoms with E-state index in [1.54, 1.807) is 0 Å². The molecule has 1 aromatic heterocycles. The first-order valence-corrected chi connectivity index (χ1v) is 7.52. The maximum absolute atomic E-state index is 5.73. The van der Waals surface area contributed by atoms with E-state index in [4.69, 9.17) is 10.7 Å². The second kappa shape index (κ2) is 5.33. The molecule has 0 radical (unpaired) electrons. The van der Waals surface area contributed by atoms with E-state index in [0.717, 1.165) is 18.5 Å². The molecule has 102 valence electrons. The fourth-order valence-corrected chi connectivity index (χ4v) is 3.28. The maximum atomic E-state index is 5.73. The lowest BCUT2D eigenvalue weighted by Gasteiger charge is -2.12. The number of nitrogens with two attached hydrogens (primary N) is 1. The van der Waals surface area contributed by atoms with Gasteiger partial charge in [0.05, 0.1) is 11.0 Å². The molecule has 1 aliphatic rings. The Morgan fingerprint density at radius 1 is 1.32 bits per heavy atom. The van der Waals surface area contributed by atoms with Crippen molar-refractivity contribution in [2.24, 2.45) is 5.73 Å². The molecular formula is C16H23N3. The Hall–Kier alpha value is -1.35. The lowest BCUT2D eigenvalue weighted by molar-refractivity contribution is 0.585. The van der Waals surface area contributed by atoms with Crippen LogP contribution in [0.2, 0.25) is 0 Å². The third kappa shape index (κ3) is 2.27. The summed E-state index contributed by atoms with van der Waals surface area (Å²) >= 11 is 0. The van der Waals surface area contributed by atoms with E-state index in [9.17, 15) is 0 Å². The lowest BCUT2D eigenvalue weighted by atomic mass is 10.1. The smallest absolute Gasteiger partial charge is 0.112 e. The number of rotatable bonds is 4. The van der Waals surface area contributed by atoms with Crippen molar-refractivity contribution in [2.75, 3.05) is 0 Å². The van der Waals surface area contributed by atoms with Gasteiger partial charge in [-0.2, -0.15) is 0 Å². The predicted octanol–water partition coefficient (Wildman–Crippen LogP) is 3.56. The average molecular weight is 257 g/mol. The first-order chi connectivity index (χ1) is 9.33. The van der Waals surface area contributed by atoms with Crippen LogP contribution >= 0.6 is 0 Å². The van der Waals surface area contributed by atoms with Crippen molar-refractivity contribution in [3.05, 3.63) is 29.6 Å². The molecule has 2 aromatic rings. The van der Waals surface area contributed by atoms with Crippen LogP contribution < -0.4 is 5.73 Å². The summed E-state index contributed by atoms with van der Waals surface area (Å²) in [4.78, 5) is 4.93. The number of aromatic nitrogens is 2. The number of nitrogens with zero attached hydrogens (tertiary/aromatic N) is 2. The number of benzene rings is 1. The van der Waals surface area contributed by atoms with E-state index in [2.05, 4.69) is 29.7 Å². The molecule has 0 saturated heterocycles. The average Bonchev–Trinajstić information content (AvgIpc) is 3.06. The second-order valence-electron chi connectivity index (χ2n) is 5.63. The van der Waals surface area contributed by atoms with E-state index < -0.39 is 0 Å². The number of hydrogen-bond acceptors (Lipinski definition) is 2. The van der Waals surface area contributed by atoms with E-state index >= 15 is 0 Å². The molecule has 2 N–H and O–H groups in total. The van der Waals surface area contributed by atoms with Gasteiger partial charge in [0, 0.05) is 19.0 Å². The molecule has 0 atom stereocenters. The molecule has 1 aromatic carbocycles. The zero-order valence-corrected chi connectivity index (χ0v) is 11.7. The summed E-state index contributed by atoms with van der Waals surface area (Å²) in [6.45, 7) is 3.90. The van der Waals surface area contributed by atoms with Gasteiger partial charge in [0.2, 0.25) is 0 Å².